The molecule has 1 heteroatoms. The summed E-state index contributed by atoms with van der Waals surface area (Å²) in [5, 5.41) is 0.841. The quantitative estimate of drug-likeness (QED) is 0.663. The molecule has 0 heterocycles. The maximum absolute atomic E-state index is 5.92. The lowest BCUT2D eigenvalue weighted by molar-refractivity contribution is 0.886. The monoisotopic (exact) mass is 192 g/mol. The van der Waals surface area contributed by atoms with Gasteiger partial charge in [0.25, 0.3) is 0 Å². The van der Waals surface area contributed by atoms with Crippen molar-refractivity contribution in [2.75, 3.05) is 0 Å². The van der Waals surface area contributed by atoms with Gasteiger partial charge in [0.2, 0.25) is 0 Å². The average Bonchev–Trinajstić information content (AvgIpc) is 2.46. The molecule has 68 valence electrons. The average molecular weight is 193 g/mol. The second-order valence-corrected chi connectivity index (χ2v) is 4.01. The zero-order valence-corrected chi connectivity index (χ0v) is 8.56. The van der Waals surface area contributed by atoms with Crippen molar-refractivity contribution >= 4 is 17.7 Å². The minimum absolute atomic E-state index is 0.841. The zero-order chi connectivity index (χ0) is 9.26. The highest BCUT2D eigenvalue weighted by Gasteiger charge is 2.11. The van der Waals surface area contributed by atoms with Crippen LogP contribution in [0, 0.1) is 0 Å². The van der Waals surface area contributed by atoms with Crippen molar-refractivity contribution in [2.24, 2.45) is 0 Å². The van der Waals surface area contributed by atoms with E-state index in [1.165, 1.54) is 24.0 Å². The minimum Gasteiger partial charge on any atom is -0.0843 e. The van der Waals surface area contributed by atoms with Gasteiger partial charge >= 0.3 is 0 Å². The van der Waals surface area contributed by atoms with Gasteiger partial charge in [-0.05, 0) is 36.1 Å². The number of hydrogen-bond acceptors (Lipinski definition) is 0. The predicted molar refractivity (Wildman–Crippen MR) is 58.0 cm³/mol. The molecule has 0 aromatic heterocycles. The van der Waals surface area contributed by atoms with Crippen molar-refractivity contribution in [2.45, 2.75) is 26.2 Å². The summed E-state index contributed by atoms with van der Waals surface area (Å²) in [6.07, 6.45) is 5.85. The first kappa shape index (κ1) is 8.83. The Kier molecular flexibility index (Phi) is 2.41. The van der Waals surface area contributed by atoms with E-state index < -0.39 is 0 Å². The molecule has 0 saturated heterocycles. The molecule has 0 unspecified atom stereocenters. The number of fused-ring (bicyclic) bond motifs is 1. The van der Waals surface area contributed by atoms with Crippen LogP contribution in [0.1, 0.15) is 30.9 Å². The fourth-order valence-corrected chi connectivity index (χ4v) is 2.04. The Bertz CT molecular complexity index is 350. The lowest BCUT2D eigenvalue weighted by atomic mass is 10.1. The van der Waals surface area contributed by atoms with Crippen molar-refractivity contribution in [3.8, 4) is 0 Å². The molecule has 0 fully saturated rings. The Morgan fingerprint density at radius 1 is 1.38 bits per heavy atom. The molecule has 2 rings (SSSR count). The van der Waals surface area contributed by atoms with Crippen LogP contribution in [0.15, 0.2) is 23.8 Å². The number of allylic oxidation sites excluding steroid dienone is 1. The third-order valence-electron chi connectivity index (χ3n) is 2.46. The Hall–Kier alpha value is -0.750. The van der Waals surface area contributed by atoms with E-state index in [2.05, 4.69) is 25.1 Å². The molecule has 0 atom stereocenters. The van der Waals surface area contributed by atoms with Crippen LogP contribution in [-0.4, -0.2) is 0 Å². The van der Waals surface area contributed by atoms with Crippen molar-refractivity contribution in [1.29, 1.82) is 0 Å². The van der Waals surface area contributed by atoms with Crippen LogP contribution < -0.4 is 0 Å². The minimum atomic E-state index is 0.841. The maximum atomic E-state index is 5.92. The summed E-state index contributed by atoms with van der Waals surface area (Å²) in [7, 11) is 0. The molecule has 0 N–H and O–H groups in total. The van der Waals surface area contributed by atoms with Crippen LogP contribution >= 0.6 is 11.6 Å². The lowest BCUT2D eigenvalue weighted by Crippen LogP contribution is -1.83. The Morgan fingerprint density at radius 3 is 3.00 bits per heavy atom. The van der Waals surface area contributed by atoms with Gasteiger partial charge < -0.3 is 0 Å². The van der Waals surface area contributed by atoms with E-state index in [1.807, 2.05) is 6.07 Å². The molecule has 0 spiro atoms. The Morgan fingerprint density at radius 2 is 2.23 bits per heavy atom. The van der Waals surface area contributed by atoms with E-state index in [-0.39, 0.29) is 0 Å². The van der Waals surface area contributed by atoms with E-state index in [0.29, 0.717) is 0 Å². The predicted octanol–water partition coefficient (Wildman–Crippen LogP) is 4.08. The van der Waals surface area contributed by atoms with Gasteiger partial charge in [-0.3, -0.25) is 0 Å². The maximum Gasteiger partial charge on any atom is 0.0412 e. The first-order chi connectivity index (χ1) is 6.29. The van der Waals surface area contributed by atoms with Crippen LogP contribution in [0.5, 0.6) is 0 Å². The molecule has 13 heavy (non-hydrogen) atoms. The second-order valence-electron chi connectivity index (χ2n) is 3.57. The highest BCUT2D eigenvalue weighted by Crippen LogP contribution is 2.29. The van der Waals surface area contributed by atoms with Gasteiger partial charge in [-0.1, -0.05) is 42.7 Å². The van der Waals surface area contributed by atoms with E-state index in [0.717, 1.165) is 11.4 Å². The van der Waals surface area contributed by atoms with E-state index >= 15 is 0 Å². The zero-order valence-electron chi connectivity index (χ0n) is 7.81. The molecule has 0 nitrogen and oxygen atoms in total. The third-order valence-corrected chi connectivity index (χ3v) is 2.69. The van der Waals surface area contributed by atoms with Gasteiger partial charge in [-0.15, -0.1) is 0 Å². The van der Waals surface area contributed by atoms with Gasteiger partial charge in [0.1, 0.15) is 0 Å². The Labute approximate surface area is 84.2 Å². The third kappa shape index (κ3) is 1.78. The molecular formula is C12H13Cl. The van der Waals surface area contributed by atoms with E-state index in [1.54, 1.807) is 5.57 Å². The summed E-state index contributed by atoms with van der Waals surface area (Å²) < 4.78 is 0. The Balaban J connectivity index is 2.27. The van der Waals surface area contributed by atoms with Crippen molar-refractivity contribution in [1.82, 2.24) is 0 Å². The van der Waals surface area contributed by atoms with Gasteiger partial charge in [-0.25, -0.2) is 0 Å². The molecular weight excluding hydrogens is 180 g/mol. The summed E-state index contributed by atoms with van der Waals surface area (Å²) in [4.78, 5) is 0. The molecule has 0 amide bonds. The molecule has 1 aliphatic rings. The largest absolute Gasteiger partial charge is 0.0843 e. The van der Waals surface area contributed by atoms with Crippen LogP contribution in [-0.2, 0) is 6.42 Å². The van der Waals surface area contributed by atoms with Crippen LogP contribution in [0.2, 0.25) is 5.02 Å². The fraction of sp³-hybridized carbons (Fsp3) is 0.333. The molecule has 0 saturated carbocycles. The smallest absolute Gasteiger partial charge is 0.0412 e. The number of halogens is 1. The van der Waals surface area contributed by atoms with Gasteiger partial charge in [0.15, 0.2) is 0 Å². The van der Waals surface area contributed by atoms with Crippen LogP contribution in [0.25, 0.3) is 6.08 Å². The summed E-state index contributed by atoms with van der Waals surface area (Å²) >= 11 is 5.92. The highest BCUT2D eigenvalue weighted by atomic mass is 35.5. The SMILES string of the molecule is CCCC1=Cc2cc(Cl)ccc2C1. The lowest BCUT2D eigenvalue weighted by Gasteiger charge is -1.98. The first-order valence-electron chi connectivity index (χ1n) is 4.77. The summed E-state index contributed by atoms with van der Waals surface area (Å²) in [6.45, 7) is 2.22. The van der Waals surface area contributed by atoms with Gasteiger partial charge in [0.05, 0.1) is 0 Å². The molecule has 0 bridgehead atoms. The van der Waals surface area contributed by atoms with Crippen LogP contribution in [0.3, 0.4) is 0 Å². The van der Waals surface area contributed by atoms with Gasteiger partial charge in [-0.2, -0.15) is 0 Å². The van der Waals surface area contributed by atoms with Crippen molar-refractivity contribution < 1.29 is 0 Å². The van der Waals surface area contributed by atoms with Gasteiger partial charge in [0, 0.05) is 5.02 Å². The summed E-state index contributed by atoms with van der Waals surface area (Å²) in [6, 6.07) is 6.17. The molecule has 1 aromatic carbocycles. The van der Waals surface area contributed by atoms with Crippen LogP contribution in [0.4, 0.5) is 0 Å². The molecule has 0 radical (unpaired) electrons. The number of benzene rings is 1. The van der Waals surface area contributed by atoms with Crippen molar-refractivity contribution in [3.05, 3.63) is 39.9 Å². The summed E-state index contributed by atoms with van der Waals surface area (Å²) in [5.41, 5.74) is 4.28. The molecule has 1 aliphatic carbocycles. The number of rotatable bonds is 2. The number of hydrogen-bond donors (Lipinski definition) is 0. The molecule has 1 aromatic rings. The fourth-order valence-electron chi connectivity index (χ4n) is 1.86. The van der Waals surface area contributed by atoms with Crippen molar-refractivity contribution in [3.63, 3.8) is 0 Å². The first-order valence-corrected chi connectivity index (χ1v) is 5.15. The highest BCUT2D eigenvalue weighted by molar-refractivity contribution is 6.30. The van der Waals surface area contributed by atoms with E-state index in [4.69, 9.17) is 11.6 Å². The van der Waals surface area contributed by atoms with E-state index in [9.17, 15) is 0 Å². The normalized spacial score (nSPS) is 14.2. The standard InChI is InChI=1S/C12H13Cl/c1-2-3-9-6-10-4-5-12(13)8-11(10)7-9/h4-5,7-8H,2-3,6H2,1H3. The molecule has 0 aliphatic heterocycles. The summed E-state index contributed by atoms with van der Waals surface area (Å²) in [5.74, 6) is 0. The second kappa shape index (κ2) is 3.55. The topological polar surface area (TPSA) is 0 Å².